The molecule has 2 saturated heterocycles. The van der Waals surface area contributed by atoms with Crippen molar-refractivity contribution in [3.63, 3.8) is 0 Å². The summed E-state index contributed by atoms with van der Waals surface area (Å²) >= 11 is 0. The van der Waals surface area contributed by atoms with Crippen LogP contribution in [0.4, 0.5) is 14.6 Å². The molecule has 3 atom stereocenters. The molecule has 2 aliphatic heterocycles. The number of likely N-dealkylation sites (tertiary alicyclic amines) is 1. The van der Waals surface area contributed by atoms with Crippen molar-refractivity contribution in [2.75, 3.05) is 45.7 Å². The number of carbonyl (C=O) groups excluding carboxylic acids is 1. The van der Waals surface area contributed by atoms with Crippen molar-refractivity contribution in [1.29, 1.82) is 0 Å². The smallest absolute Gasteiger partial charge is 0.251 e. The lowest BCUT2D eigenvalue weighted by Gasteiger charge is -2.32. The van der Waals surface area contributed by atoms with E-state index in [-0.39, 0.29) is 23.6 Å². The zero-order chi connectivity index (χ0) is 28.0. The van der Waals surface area contributed by atoms with Crippen LogP contribution in [0.25, 0.3) is 27.9 Å². The maximum absolute atomic E-state index is 15.4. The summed E-state index contributed by atoms with van der Waals surface area (Å²) in [4.78, 5) is 19.2. The predicted octanol–water partition coefficient (Wildman–Crippen LogP) is 3.48. The number of alkyl halides is 1. The van der Waals surface area contributed by atoms with Gasteiger partial charge >= 0.3 is 0 Å². The van der Waals surface area contributed by atoms with Crippen LogP contribution in [-0.2, 0) is 4.74 Å². The van der Waals surface area contributed by atoms with Gasteiger partial charge in [-0.25, -0.2) is 18.3 Å². The highest BCUT2D eigenvalue weighted by Gasteiger charge is 2.30. The minimum absolute atomic E-state index is 0.0507. The van der Waals surface area contributed by atoms with Crippen molar-refractivity contribution >= 4 is 17.4 Å². The third-order valence-corrected chi connectivity index (χ3v) is 7.76. The summed E-state index contributed by atoms with van der Waals surface area (Å²) in [6.07, 6.45) is 7.41. The number of fused-ring (bicyclic) bond motifs is 1. The average molecular weight is 551 g/mol. The number of rotatable bonds is 6. The minimum Gasteiger partial charge on any atom is -0.379 e. The molecule has 12 heteroatoms. The van der Waals surface area contributed by atoms with Crippen LogP contribution >= 0.6 is 0 Å². The zero-order valence-electron chi connectivity index (χ0n) is 22.7. The molecule has 1 unspecified atom stereocenters. The summed E-state index contributed by atoms with van der Waals surface area (Å²) in [5, 5.41) is 15.1. The first kappa shape index (κ1) is 26.3. The van der Waals surface area contributed by atoms with E-state index in [1.165, 1.54) is 19.2 Å². The predicted molar refractivity (Wildman–Crippen MR) is 147 cm³/mol. The molecule has 2 fully saturated rings. The Morgan fingerprint density at radius 3 is 2.73 bits per heavy atom. The Morgan fingerprint density at radius 1 is 1.12 bits per heavy atom. The van der Waals surface area contributed by atoms with Gasteiger partial charge in [-0.15, -0.1) is 0 Å². The number of piperidine rings is 1. The van der Waals surface area contributed by atoms with E-state index in [0.717, 1.165) is 24.1 Å². The summed E-state index contributed by atoms with van der Waals surface area (Å²) in [5.74, 6) is -0.173. The van der Waals surface area contributed by atoms with Crippen molar-refractivity contribution in [2.45, 2.75) is 38.0 Å². The van der Waals surface area contributed by atoms with E-state index >= 15 is 4.39 Å². The molecule has 0 saturated carbocycles. The van der Waals surface area contributed by atoms with Gasteiger partial charge < -0.3 is 20.3 Å². The van der Waals surface area contributed by atoms with E-state index < -0.39 is 12.0 Å². The fraction of sp³-hybridized carbons (Fsp3) is 0.429. The van der Waals surface area contributed by atoms with Gasteiger partial charge in [-0.05, 0) is 44.5 Å². The van der Waals surface area contributed by atoms with E-state index in [1.807, 2.05) is 24.3 Å². The first-order chi connectivity index (χ1) is 19.3. The number of carbonyl (C=O) groups is 1. The SMILES string of the molecule is CNC(=O)c1cc(C)c(F)c(-c2cnn3cc(-c4cnn([C@@H]5CCN(C)C[C@H]5F)c4)c(NC4CCOC4)nc23)c1. The summed E-state index contributed by atoms with van der Waals surface area (Å²) in [7, 11) is 3.45. The largest absolute Gasteiger partial charge is 0.379 e. The van der Waals surface area contributed by atoms with E-state index in [2.05, 4.69) is 20.8 Å². The Bertz CT molecular complexity index is 1560. The van der Waals surface area contributed by atoms with Gasteiger partial charge in [-0.2, -0.15) is 10.2 Å². The normalized spacial score (nSPS) is 21.7. The second-order valence-electron chi connectivity index (χ2n) is 10.6. The lowest BCUT2D eigenvalue weighted by molar-refractivity contribution is 0.0963. The van der Waals surface area contributed by atoms with Gasteiger partial charge in [0, 0.05) is 67.0 Å². The third kappa shape index (κ3) is 4.81. The molecule has 0 radical (unpaired) electrons. The highest BCUT2D eigenvalue weighted by atomic mass is 19.1. The lowest BCUT2D eigenvalue weighted by atomic mass is 10.0. The first-order valence-corrected chi connectivity index (χ1v) is 13.4. The summed E-state index contributed by atoms with van der Waals surface area (Å²) in [6, 6.07) is 2.75. The second kappa shape index (κ2) is 10.6. The molecule has 2 aliphatic rings. The van der Waals surface area contributed by atoms with E-state index in [1.54, 1.807) is 28.5 Å². The number of amides is 1. The first-order valence-electron chi connectivity index (χ1n) is 13.4. The molecule has 0 bridgehead atoms. The van der Waals surface area contributed by atoms with Crippen LogP contribution in [0.5, 0.6) is 0 Å². The fourth-order valence-corrected chi connectivity index (χ4v) is 5.51. The average Bonchev–Trinajstić information content (AvgIpc) is 3.71. The van der Waals surface area contributed by atoms with Gasteiger partial charge in [0.05, 0.1) is 31.1 Å². The van der Waals surface area contributed by atoms with Gasteiger partial charge in [0.1, 0.15) is 17.8 Å². The van der Waals surface area contributed by atoms with Crippen molar-refractivity contribution in [3.8, 4) is 22.3 Å². The summed E-state index contributed by atoms with van der Waals surface area (Å²) in [6.45, 7) is 3.98. The van der Waals surface area contributed by atoms with Crippen LogP contribution in [-0.4, -0.2) is 87.8 Å². The van der Waals surface area contributed by atoms with Gasteiger partial charge in [-0.3, -0.25) is 9.48 Å². The fourth-order valence-electron chi connectivity index (χ4n) is 5.51. The van der Waals surface area contributed by atoms with Crippen LogP contribution in [0.1, 0.15) is 34.8 Å². The Morgan fingerprint density at radius 2 is 1.98 bits per heavy atom. The molecule has 6 rings (SSSR count). The van der Waals surface area contributed by atoms with E-state index in [0.29, 0.717) is 54.3 Å². The quantitative estimate of drug-likeness (QED) is 0.379. The standard InChI is InChI=1S/C28H32F2N8O2/c1-16-8-17(28(39)31-2)9-20(25(16)30)21-11-33-38-13-22(26(35-27(21)38)34-19-5-7-40-15-19)18-10-32-37(12-18)24-4-6-36(3)14-23(24)29/h8-13,19,23-24H,4-7,14-15H2,1-3H3,(H,31,39)(H,34,35)/t19?,23-,24-/m1/s1. The molecular formula is C28H32F2N8O2. The number of aromatic nitrogens is 5. The van der Waals surface area contributed by atoms with Crippen molar-refractivity contribution in [2.24, 2.45) is 0 Å². The third-order valence-electron chi connectivity index (χ3n) is 7.76. The maximum atomic E-state index is 15.4. The molecule has 40 heavy (non-hydrogen) atoms. The zero-order valence-corrected chi connectivity index (χ0v) is 22.7. The number of aryl methyl sites for hydroxylation is 1. The molecule has 0 aliphatic carbocycles. The van der Waals surface area contributed by atoms with Crippen LogP contribution < -0.4 is 10.6 Å². The molecule has 1 amide bonds. The Labute approximate surface area is 230 Å². The molecule has 4 aromatic rings. The van der Waals surface area contributed by atoms with Crippen LogP contribution in [0.3, 0.4) is 0 Å². The van der Waals surface area contributed by atoms with Crippen LogP contribution in [0, 0.1) is 12.7 Å². The topological polar surface area (TPSA) is 102 Å². The highest BCUT2D eigenvalue weighted by Crippen LogP contribution is 2.35. The summed E-state index contributed by atoms with van der Waals surface area (Å²) in [5.41, 5.74) is 3.34. The van der Waals surface area contributed by atoms with E-state index in [4.69, 9.17) is 9.72 Å². The molecular weight excluding hydrogens is 518 g/mol. The number of anilines is 1. The molecule has 3 aromatic heterocycles. The molecule has 1 aromatic carbocycles. The van der Waals surface area contributed by atoms with Gasteiger partial charge in [0.2, 0.25) is 0 Å². The Kier molecular flexibility index (Phi) is 6.97. The number of nitrogens with zero attached hydrogens (tertiary/aromatic N) is 6. The number of hydrogen-bond donors (Lipinski definition) is 2. The Balaban J connectivity index is 1.44. The molecule has 5 heterocycles. The highest BCUT2D eigenvalue weighted by molar-refractivity contribution is 5.96. The minimum atomic E-state index is -1.02. The van der Waals surface area contributed by atoms with Crippen molar-refractivity contribution in [1.82, 2.24) is 34.6 Å². The lowest BCUT2D eigenvalue weighted by Crippen LogP contribution is -2.40. The molecule has 0 spiro atoms. The number of hydrogen-bond acceptors (Lipinski definition) is 7. The molecule has 210 valence electrons. The molecule has 10 nitrogen and oxygen atoms in total. The molecule has 2 N–H and O–H groups in total. The number of benzene rings is 1. The number of halogens is 2. The van der Waals surface area contributed by atoms with Gasteiger partial charge in [0.25, 0.3) is 5.91 Å². The van der Waals surface area contributed by atoms with Gasteiger partial charge in [-0.1, -0.05) is 0 Å². The Hall–Kier alpha value is -3.90. The summed E-state index contributed by atoms with van der Waals surface area (Å²) < 4.78 is 39.1. The monoisotopic (exact) mass is 550 g/mol. The second-order valence-corrected chi connectivity index (χ2v) is 10.6. The maximum Gasteiger partial charge on any atom is 0.251 e. The number of ether oxygens (including phenoxy) is 1. The van der Waals surface area contributed by atoms with Crippen LogP contribution in [0.2, 0.25) is 0 Å². The van der Waals surface area contributed by atoms with Gasteiger partial charge in [0.15, 0.2) is 5.65 Å². The van der Waals surface area contributed by atoms with Crippen LogP contribution in [0.15, 0.2) is 36.9 Å². The number of nitrogens with one attached hydrogen (secondary N) is 2. The van der Waals surface area contributed by atoms with Crippen molar-refractivity contribution < 1.29 is 18.3 Å². The van der Waals surface area contributed by atoms with E-state index in [9.17, 15) is 9.18 Å². The van der Waals surface area contributed by atoms with Crippen molar-refractivity contribution in [3.05, 3.63) is 53.9 Å².